The van der Waals surface area contributed by atoms with Crippen LogP contribution in [0.5, 0.6) is 11.5 Å². The highest BCUT2D eigenvalue weighted by Gasteiger charge is 2.29. The smallest absolute Gasteiger partial charge is 0.230 e. The average Bonchev–Trinajstić information content (AvgIpc) is 3.65. The molecule has 10 nitrogen and oxygen atoms in total. The van der Waals surface area contributed by atoms with Crippen LogP contribution in [0.2, 0.25) is 0 Å². The quantitative estimate of drug-likeness (QED) is 0.240. The van der Waals surface area contributed by atoms with Gasteiger partial charge in [-0.1, -0.05) is 29.1 Å². The van der Waals surface area contributed by atoms with Gasteiger partial charge >= 0.3 is 0 Å². The molecule has 2 atom stereocenters. The molecule has 2 heterocycles. The van der Waals surface area contributed by atoms with Gasteiger partial charge < -0.3 is 20.1 Å². The van der Waals surface area contributed by atoms with Crippen molar-refractivity contribution in [3.8, 4) is 11.5 Å². The summed E-state index contributed by atoms with van der Waals surface area (Å²) in [7, 11) is 2.96. The van der Waals surface area contributed by atoms with Gasteiger partial charge in [-0.05, 0) is 55.7 Å². The second-order valence-corrected chi connectivity index (χ2v) is 11.8. The van der Waals surface area contributed by atoms with E-state index in [2.05, 4.69) is 31.0 Å². The van der Waals surface area contributed by atoms with Crippen molar-refractivity contribution >= 4 is 44.8 Å². The molecular formula is C28H28F2N6O4S2. The van der Waals surface area contributed by atoms with Gasteiger partial charge in [-0.15, -0.1) is 20.4 Å². The number of anilines is 2. The number of amides is 2. The van der Waals surface area contributed by atoms with Crippen molar-refractivity contribution in [2.45, 2.75) is 50.4 Å². The Morgan fingerprint density at radius 2 is 1.24 bits per heavy atom. The molecule has 1 aliphatic rings. The number of rotatable bonds is 10. The van der Waals surface area contributed by atoms with Gasteiger partial charge in [-0.2, -0.15) is 0 Å². The standard InChI is InChI=1S/C28H28F2N6O4S2/c1-39-19-6-8-21(29)17(11-19)13-23(37)31-27-35-33-25(41-27)15-4-3-5-16(10-15)26-34-36-28(42-26)32-24(38)14-18-12-20(40-2)7-9-22(18)30/h6-9,11-12,15-16H,3-5,10,13-14H2,1-2H3,(H,31,35,37)(H,32,36,38)/t15-,16?/m0/s1. The molecule has 42 heavy (non-hydrogen) atoms. The Balaban J connectivity index is 1.16. The molecule has 2 N–H and O–H groups in total. The number of aromatic nitrogens is 4. The molecule has 220 valence electrons. The summed E-state index contributed by atoms with van der Waals surface area (Å²) < 4.78 is 38.4. The highest BCUT2D eigenvalue weighted by molar-refractivity contribution is 7.15. The van der Waals surface area contributed by atoms with Crippen LogP contribution in [0.3, 0.4) is 0 Å². The molecule has 5 rings (SSSR count). The van der Waals surface area contributed by atoms with Crippen LogP contribution in [-0.2, 0) is 22.4 Å². The third-order valence-corrected chi connectivity index (χ3v) is 8.96. The van der Waals surface area contributed by atoms with Crippen LogP contribution >= 0.6 is 22.7 Å². The lowest BCUT2D eigenvalue weighted by atomic mass is 9.82. The molecule has 0 radical (unpaired) electrons. The minimum Gasteiger partial charge on any atom is -0.497 e. The number of benzene rings is 2. The molecule has 0 saturated heterocycles. The average molecular weight is 615 g/mol. The number of carbonyl (C=O) groups excluding carboxylic acids is 2. The Kier molecular flexibility index (Phi) is 9.32. The number of hydrogen-bond acceptors (Lipinski definition) is 10. The van der Waals surface area contributed by atoms with Crippen LogP contribution in [0.15, 0.2) is 36.4 Å². The molecular weight excluding hydrogens is 586 g/mol. The van der Waals surface area contributed by atoms with E-state index >= 15 is 0 Å². The zero-order valence-electron chi connectivity index (χ0n) is 22.9. The number of methoxy groups -OCH3 is 2. The van der Waals surface area contributed by atoms with Gasteiger partial charge in [0.05, 0.1) is 27.1 Å². The van der Waals surface area contributed by atoms with Gasteiger partial charge in [-0.25, -0.2) is 8.78 Å². The third kappa shape index (κ3) is 7.23. The molecule has 14 heteroatoms. The van der Waals surface area contributed by atoms with Crippen LogP contribution in [0, 0.1) is 11.6 Å². The molecule has 2 amide bonds. The highest BCUT2D eigenvalue weighted by atomic mass is 32.1. The van der Waals surface area contributed by atoms with Gasteiger partial charge in [0.2, 0.25) is 22.1 Å². The maximum atomic E-state index is 14.1. The Labute approximate surface area is 248 Å². The van der Waals surface area contributed by atoms with Crippen molar-refractivity contribution in [2.75, 3.05) is 24.9 Å². The summed E-state index contributed by atoms with van der Waals surface area (Å²) >= 11 is 2.61. The van der Waals surface area contributed by atoms with Gasteiger partial charge in [0.1, 0.15) is 33.1 Å². The normalized spacial score (nSPS) is 16.6. The van der Waals surface area contributed by atoms with E-state index in [0.29, 0.717) is 21.8 Å². The lowest BCUT2D eigenvalue weighted by Gasteiger charge is -2.25. The molecule has 2 aromatic carbocycles. The van der Waals surface area contributed by atoms with Gasteiger partial charge in [-0.3, -0.25) is 9.59 Å². The van der Waals surface area contributed by atoms with Gasteiger partial charge in [0, 0.05) is 23.0 Å². The molecule has 1 fully saturated rings. The molecule has 0 aliphatic heterocycles. The first kappa shape index (κ1) is 29.5. The number of halogens is 2. The molecule has 1 aliphatic carbocycles. The van der Waals surface area contributed by atoms with Gasteiger partial charge in [0.25, 0.3) is 0 Å². The maximum Gasteiger partial charge on any atom is 0.230 e. The minimum atomic E-state index is -0.484. The van der Waals surface area contributed by atoms with E-state index in [1.807, 2.05) is 0 Å². The van der Waals surface area contributed by atoms with Crippen molar-refractivity contribution in [1.29, 1.82) is 0 Å². The second-order valence-electron chi connectivity index (χ2n) is 9.82. The summed E-state index contributed by atoms with van der Waals surface area (Å²) in [6.45, 7) is 0. The summed E-state index contributed by atoms with van der Waals surface area (Å²) in [6.07, 6.45) is 3.24. The van der Waals surface area contributed by atoms with Crippen molar-refractivity contribution < 1.29 is 27.8 Å². The van der Waals surface area contributed by atoms with Crippen LogP contribution in [0.1, 0.15) is 58.7 Å². The first-order valence-corrected chi connectivity index (χ1v) is 14.9. The highest BCUT2D eigenvalue weighted by Crippen LogP contribution is 2.43. The van der Waals surface area contributed by atoms with Crippen LogP contribution in [-0.4, -0.2) is 46.4 Å². The first-order chi connectivity index (χ1) is 20.3. The molecule has 0 spiro atoms. The Bertz CT molecular complexity index is 1470. The lowest BCUT2D eigenvalue weighted by Crippen LogP contribution is -2.15. The number of ether oxygens (including phenoxy) is 2. The van der Waals surface area contributed by atoms with E-state index in [0.717, 1.165) is 35.7 Å². The van der Waals surface area contributed by atoms with E-state index in [1.165, 1.54) is 73.3 Å². The monoisotopic (exact) mass is 614 g/mol. The van der Waals surface area contributed by atoms with E-state index in [9.17, 15) is 18.4 Å². The molecule has 0 bridgehead atoms. The van der Waals surface area contributed by atoms with E-state index in [4.69, 9.17) is 9.47 Å². The fraction of sp³-hybridized carbons (Fsp3) is 0.357. The number of nitrogens with one attached hydrogen (secondary N) is 2. The van der Waals surface area contributed by atoms with Gasteiger partial charge in [0.15, 0.2) is 0 Å². The van der Waals surface area contributed by atoms with E-state index < -0.39 is 23.4 Å². The molecule has 1 unspecified atom stereocenters. The Hall–Kier alpha value is -4.04. The minimum absolute atomic E-state index is 0.126. The second kappa shape index (κ2) is 13.3. The number of hydrogen-bond donors (Lipinski definition) is 2. The van der Waals surface area contributed by atoms with Crippen LogP contribution in [0.25, 0.3) is 0 Å². The zero-order valence-corrected chi connectivity index (χ0v) is 24.5. The summed E-state index contributed by atoms with van der Waals surface area (Å²) in [5, 5.41) is 24.6. The Morgan fingerprint density at radius 3 is 1.67 bits per heavy atom. The fourth-order valence-corrected chi connectivity index (χ4v) is 6.65. The predicted octanol–water partition coefficient (Wildman–Crippen LogP) is 5.49. The van der Waals surface area contributed by atoms with Crippen LogP contribution in [0.4, 0.5) is 19.0 Å². The summed E-state index contributed by atoms with van der Waals surface area (Å²) in [5.41, 5.74) is 0.457. The number of carbonyl (C=O) groups is 2. The predicted molar refractivity (Wildman–Crippen MR) is 154 cm³/mol. The van der Waals surface area contributed by atoms with Crippen molar-refractivity contribution in [1.82, 2.24) is 20.4 Å². The van der Waals surface area contributed by atoms with E-state index in [1.54, 1.807) is 0 Å². The molecule has 2 aromatic heterocycles. The maximum absolute atomic E-state index is 14.1. The number of nitrogens with zero attached hydrogens (tertiary/aromatic N) is 4. The van der Waals surface area contributed by atoms with Crippen molar-refractivity contribution in [3.63, 3.8) is 0 Å². The van der Waals surface area contributed by atoms with Crippen molar-refractivity contribution in [3.05, 3.63) is 69.2 Å². The van der Waals surface area contributed by atoms with E-state index in [-0.39, 0.29) is 35.8 Å². The Morgan fingerprint density at radius 1 is 0.786 bits per heavy atom. The molecule has 1 saturated carbocycles. The summed E-state index contributed by atoms with van der Waals surface area (Å²) in [5.74, 6) is -0.574. The third-order valence-electron chi connectivity index (χ3n) is 6.95. The van der Waals surface area contributed by atoms with Crippen molar-refractivity contribution in [2.24, 2.45) is 0 Å². The van der Waals surface area contributed by atoms with Crippen LogP contribution < -0.4 is 20.1 Å². The topological polar surface area (TPSA) is 128 Å². The molecule has 4 aromatic rings. The largest absolute Gasteiger partial charge is 0.497 e. The summed E-state index contributed by atoms with van der Waals surface area (Å²) in [4.78, 5) is 25.1. The summed E-state index contributed by atoms with van der Waals surface area (Å²) in [6, 6.07) is 8.51. The first-order valence-electron chi connectivity index (χ1n) is 13.2. The zero-order chi connectivity index (χ0) is 29.6. The lowest BCUT2D eigenvalue weighted by molar-refractivity contribution is -0.116. The fourth-order valence-electron chi connectivity index (χ4n) is 4.84. The SMILES string of the molecule is COc1ccc(F)c(CC(=O)Nc2nnc(C3CCC[C@H](c4nnc(NC(=O)Cc5cc(OC)ccc5F)s4)C3)s2)c1.